The van der Waals surface area contributed by atoms with Crippen molar-refractivity contribution in [2.24, 2.45) is 0 Å². The highest BCUT2D eigenvalue weighted by molar-refractivity contribution is 5.87. The van der Waals surface area contributed by atoms with Gasteiger partial charge in [-0.2, -0.15) is 0 Å². The lowest BCUT2D eigenvalue weighted by molar-refractivity contribution is -0.147. The fraction of sp³-hybridized carbons (Fsp3) is 0.250. The Morgan fingerprint density at radius 3 is 2.22 bits per heavy atom. The topological polar surface area (TPSA) is 104 Å². The minimum absolute atomic E-state index is 0.0181. The smallest absolute Gasteiger partial charge is 0.326 e. The van der Waals surface area contributed by atoms with E-state index in [1.807, 2.05) is 0 Å². The molecule has 18 heavy (non-hydrogen) atoms. The number of carbonyl (C=O) groups is 3. The summed E-state index contributed by atoms with van der Waals surface area (Å²) in [7, 11) is 0. The van der Waals surface area contributed by atoms with Gasteiger partial charge in [0.15, 0.2) is 0 Å². The molecule has 1 amide bonds. The first kappa shape index (κ1) is 13.7. The Morgan fingerprint density at radius 1 is 1.11 bits per heavy atom. The van der Waals surface area contributed by atoms with Gasteiger partial charge in [-0.05, 0) is 5.56 Å². The zero-order valence-electron chi connectivity index (χ0n) is 9.50. The number of rotatable bonds is 6. The van der Waals surface area contributed by atoms with Crippen LogP contribution in [0.15, 0.2) is 30.3 Å². The van der Waals surface area contributed by atoms with E-state index in [1.54, 1.807) is 30.3 Å². The van der Waals surface area contributed by atoms with E-state index in [0.717, 1.165) is 5.56 Å². The van der Waals surface area contributed by atoms with Crippen molar-refractivity contribution < 1.29 is 24.6 Å². The Hall–Kier alpha value is -2.37. The van der Waals surface area contributed by atoms with Crippen LogP contribution in [0.1, 0.15) is 12.0 Å². The van der Waals surface area contributed by atoms with Gasteiger partial charge in [-0.25, -0.2) is 4.79 Å². The van der Waals surface area contributed by atoms with Crippen LogP contribution >= 0.6 is 0 Å². The van der Waals surface area contributed by atoms with Crippen molar-refractivity contribution in [2.75, 3.05) is 0 Å². The molecule has 6 nitrogen and oxygen atoms in total. The second-order valence-electron chi connectivity index (χ2n) is 3.72. The summed E-state index contributed by atoms with van der Waals surface area (Å²) in [6, 6.07) is 7.37. The molecule has 1 atom stereocenters. The van der Waals surface area contributed by atoms with E-state index in [9.17, 15) is 14.4 Å². The number of aliphatic carboxylic acids is 2. The standard InChI is InChI=1S/C12H13NO5/c14-10(6-8-4-2-1-3-5-8)13-9(12(17)18)7-11(15)16/h1-5,9H,6-7H2,(H,13,14)(H,15,16)(H,17,18). The molecular weight excluding hydrogens is 238 g/mol. The number of nitrogens with one attached hydrogen (secondary N) is 1. The molecule has 6 heteroatoms. The van der Waals surface area contributed by atoms with Gasteiger partial charge >= 0.3 is 11.9 Å². The molecule has 0 fully saturated rings. The van der Waals surface area contributed by atoms with Crippen molar-refractivity contribution in [1.29, 1.82) is 0 Å². The van der Waals surface area contributed by atoms with Crippen molar-refractivity contribution in [2.45, 2.75) is 18.9 Å². The second kappa shape index (κ2) is 6.39. The maximum atomic E-state index is 11.5. The Labute approximate surface area is 103 Å². The summed E-state index contributed by atoms with van der Waals surface area (Å²) in [4.78, 5) is 32.7. The van der Waals surface area contributed by atoms with Crippen molar-refractivity contribution in [3.8, 4) is 0 Å². The second-order valence-corrected chi connectivity index (χ2v) is 3.72. The third kappa shape index (κ3) is 4.65. The van der Waals surface area contributed by atoms with Gasteiger partial charge in [0.05, 0.1) is 12.8 Å². The number of hydrogen-bond acceptors (Lipinski definition) is 3. The Kier molecular flexibility index (Phi) is 4.86. The molecule has 1 aromatic rings. The molecule has 1 aromatic carbocycles. The quantitative estimate of drug-likeness (QED) is 0.673. The summed E-state index contributed by atoms with van der Waals surface area (Å²) >= 11 is 0. The van der Waals surface area contributed by atoms with Crippen LogP contribution in [-0.2, 0) is 20.8 Å². The van der Waals surface area contributed by atoms with Gasteiger partial charge in [0.25, 0.3) is 0 Å². The third-order valence-corrected chi connectivity index (χ3v) is 2.22. The van der Waals surface area contributed by atoms with Crippen LogP contribution in [0.3, 0.4) is 0 Å². The van der Waals surface area contributed by atoms with Crippen molar-refractivity contribution in [3.05, 3.63) is 35.9 Å². The lowest BCUT2D eigenvalue weighted by atomic mass is 10.1. The van der Waals surface area contributed by atoms with E-state index in [0.29, 0.717) is 0 Å². The number of carboxylic acids is 2. The molecule has 0 saturated carbocycles. The first-order valence-electron chi connectivity index (χ1n) is 5.27. The maximum Gasteiger partial charge on any atom is 0.326 e. The summed E-state index contributed by atoms with van der Waals surface area (Å²) in [5, 5.41) is 19.5. The van der Waals surface area contributed by atoms with E-state index in [4.69, 9.17) is 10.2 Å². The largest absolute Gasteiger partial charge is 0.481 e. The van der Waals surface area contributed by atoms with Crippen LogP contribution in [0.4, 0.5) is 0 Å². The molecule has 0 aliphatic rings. The summed E-state index contributed by atoms with van der Waals surface area (Å²) in [6.45, 7) is 0. The fourth-order valence-corrected chi connectivity index (χ4v) is 1.40. The van der Waals surface area contributed by atoms with Gasteiger partial charge in [-0.3, -0.25) is 9.59 Å². The predicted molar refractivity (Wildman–Crippen MR) is 62.0 cm³/mol. The Balaban J connectivity index is 2.56. The van der Waals surface area contributed by atoms with Crippen LogP contribution in [0.5, 0.6) is 0 Å². The fourth-order valence-electron chi connectivity index (χ4n) is 1.40. The SMILES string of the molecule is O=C(O)CC(NC(=O)Cc1ccccc1)C(=O)O. The van der Waals surface area contributed by atoms with Crippen LogP contribution in [0.2, 0.25) is 0 Å². The molecule has 0 radical (unpaired) electrons. The van der Waals surface area contributed by atoms with Gasteiger partial charge in [0, 0.05) is 0 Å². The van der Waals surface area contributed by atoms with Crippen LogP contribution in [0, 0.1) is 0 Å². The molecule has 96 valence electrons. The van der Waals surface area contributed by atoms with E-state index in [-0.39, 0.29) is 6.42 Å². The van der Waals surface area contributed by atoms with Crippen LogP contribution in [-0.4, -0.2) is 34.1 Å². The normalized spacial score (nSPS) is 11.6. The molecule has 0 saturated heterocycles. The average Bonchev–Trinajstić information content (AvgIpc) is 2.28. The number of amides is 1. The van der Waals surface area contributed by atoms with E-state index in [1.165, 1.54) is 0 Å². The summed E-state index contributed by atoms with van der Waals surface area (Å²) in [5.41, 5.74) is 0.731. The highest BCUT2D eigenvalue weighted by Crippen LogP contribution is 2.00. The minimum atomic E-state index is -1.40. The molecule has 0 bridgehead atoms. The molecule has 0 aliphatic carbocycles. The molecule has 1 rings (SSSR count). The number of benzene rings is 1. The first-order valence-corrected chi connectivity index (χ1v) is 5.27. The summed E-state index contributed by atoms with van der Waals surface area (Å²) in [5.74, 6) is -3.16. The average molecular weight is 251 g/mol. The van der Waals surface area contributed by atoms with Gasteiger partial charge in [-0.15, -0.1) is 0 Å². The highest BCUT2D eigenvalue weighted by atomic mass is 16.4. The van der Waals surface area contributed by atoms with Gasteiger partial charge in [0.2, 0.25) is 5.91 Å². The summed E-state index contributed by atoms with van der Waals surface area (Å²) in [6.07, 6.45) is -0.625. The van der Waals surface area contributed by atoms with Gasteiger partial charge in [-0.1, -0.05) is 30.3 Å². The Morgan fingerprint density at radius 2 is 1.72 bits per heavy atom. The minimum Gasteiger partial charge on any atom is -0.481 e. The van der Waals surface area contributed by atoms with Gasteiger partial charge in [0.1, 0.15) is 6.04 Å². The predicted octanol–water partition coefficient (Wildman–Crippen LogP) is 0.273. The lowest BCUT2D eigenvalue weighted by Crippen LogP contribution is -2.42. The molecule has 1 unspecified atom stereocenters. The number of carbonyl (C=O) groups excluding carboxylic acids is 1. The van der Waals surface area contributed by atoms with Crippen LogP contribution in [0.25, 0.3) is 0 Å². The van der Waals surface area contributed by atoms with E-state index >= 15 is 0 Å². The van der Waals surface area contributed by atoms with Gasteiger partial charge < -0.3 is 15.5 Å². The number of carboxylic acid groups (broad SMARTS) is 2. The van der Waals surface area contributed by atoms with E-state index in [2.05, 4.69) is 5.32 Å². The third-order valence-electron chi connectivity index (χ3n) is 2.22. The van der Waals surface area contributed by atoms with Crippen molar-refractivity contribution >= 4 is 17.8 Å². The summed E-state index contributed by atoms with van der Waals surface area (Å²) < 4.78 is 0. The zero-order chi connectivity index (χ0) is 13.5. The monoisotopic (exact) mass is 251 g/mol. The highest BCUT2D eigenvalue weighted by Gasteiger charge is 2.22. The van der Waals surface area contributed by atoms with Crippen molar-refractivity contribution in [3.63, 3.8) is 0 Å². The Bertz CT molecular complexity index is 443. The van der Waals surface area contributed by atoms with E-state index < -0.39 is 30.3 Å². The lowest BCUT2D eigenvalue weighted by Gasteiger charge is -2.12. The first-order chi connectivity index (χ1) is 8.49. The molecule has 0 heterocycles. The molecule has 3 N–H and O–H groups in total. The molecule has 0 spiro atoms. The van der Waals surface area contributed by atoms with Crippen LogP contribution < -0.4 is 5.32 Å². The van der Waals surface area contributed by atoms with Crippen molar-refractivity contribution in [1.82, 2.24) is 5.32 Å². The molecular formula is C12H13NO5. The number of hydrogen-bond donors (Lipinski definition) is 3. The molecule has 0 aliphatic heterocycles. The zero-order valence-corrected chi connectivity index (χ0v) is 9.50. The maximum absolute atomic E-state index is 11.5. The molecule has 0 aromatic heterocycles.